The maximum absolute atomic E-state index is 11.0. The van der Waals surface area contributed by atoms with Crippen LogP contribution in [0.15, 0.2) is 12.2 Å². The predicted octanol–water partition coefficient (Wildman–Crippen LogP) is -0.201. The summed E-state index contributed by atoms with van der Waals surface area (Å²) in [5, 5.41) is 9.46. The number of carbonyl (C=O) groups excluding carboxylic acids is 1. The molecule has 0 saturated carbocycles. The molecule has 0 aliphatic carbocycles. The minimum Gasteiger partial charge on any atom is -0.402 e. The van der Waals surface area contributed by atoms with Crippen LogP contribution in [-0.2, 0) is 19.0 Å². The van der Waals surface area contributed by atoms with Gasteiger partial charge in [0.05, 0.1) is 13.2 Å². The van der Waals surface area contributed by atoms with Crippen molar-refractivity contribution in [1.29, 1.82) is 0 Å². The second kappa shape index (κ2) is 3.87. The molecule has 1 fully saturated rings. The van der Waals surface area contributed by atoms with Gasteiger partial charge in [0, 0.05) is 5.57 Å². The first-order valence-electron chi connectivity index (χ1n) is 3.86. The molecule has 1 aliphatic rings. The lowest BCUT2D eigenvalue weighted by molar-refractivity contribution is -0.379. The molecule has 5 heteroatoms. The SMILES string of the molecule is C=C(C)C(=O)OC1(O)COCCO1. The summed E-state index contributed by atoms with van der Waals surface area (Å²) in [6, 6.07) is 0. The fraction of sp³-hybridized carbons (Fsp3) is 0.625. The molecule has 0 amide bonds. The van der Waals surface area contributed by atoms with Gasteiger partial charge in [0.2, 0.25) is 0 Å². The third-order valence-electron chi connectivity index (χ3n) is 1.44. The standard InChI is InChI=1S/C8H12O5/c1-6(2)7(9)13-8(10)5-11-3-4-12-8/h10H,1,3-5H2,2H3. The summed E-state index contributed by atoms with van der Waals surface area (Å²) in [5.74, 6) is -2.65. The van der Waals surface area contributed by atoms with Crippen molar-refractivity contribution in [3.8, 4) is 0 Å². The largest absolute Gasteiger partial charge is 0.402 e. The summed E-state index contributed by atoms with van der Waals surface area (Å²) >= 11 is 0. The van der Waals surface area contributed by atoms with Crippen LogP contribution in [0.5, 0.6) is 0 Å². The Labute approximate surface area is 75.9 Å². The normalized spacial score (nSPS) is 28.2. The second-order valence-electron chi connectivity index (χ2n) is 2.78. The molecule has 1 atom stereocenters. The minimum absolute atomic E-state index is 0.175. The molecule has 5 nitrogen and oxygen atoms in total. The summed E-state index contributed by atoms with van der Waals surface area (Å²) < 4.78 is 14.3. The number of esters is 1. The third kappa shape index (κ3) is 2.80. The van der Waals surface area contributed by atoms with Gasteiger partial charge in [-0.15, -0.1) is 0 Å². The van der Waals surface area contributed by atoms with Gasteiger partial charge in [-0.05, 0) is 6.92 Å². The lowest BCUT2D eigenvalue weighted by atomic mass is 10.3. The number of rotatable bonds is 2. The van der Waals surface area contributed by atoms with E-state index in [0.29, 0.717) is 6.61 Å². The van der Waals surface area contributed by atoms with Crippen LogP contribution in [0.1, 0.15) is 6.92 Å². The predicted molar refractivity (Wildman–Crippen MR) is 42.6 cm³/mol. The van der Waals surface area contributed by atoms with Crippen LogP contribution in [0.4, 0.5) is 0 Å². The molecule has 0 aromatic carbocycles. The van der Waals surface area contributed by atoms with Crippen LogP contribution in [0, 0.1) is 0 Å². The van der Waals surface area contributed by atoms with Crippen molar-refractivity contribution in [1.82, 2.24) is 0 Å². The van der Waals surface area contributed by atoms with E-state index in [0.717, 1.165) is 0 Å². The highest BCUT2D eigenvalue weighted by Crippen LogP contribution is 2.15. The molecule has 1 unspecified atom stereocenters. The summed E-state index contributed by atoms with van der Waals surface area (Å²) in [7, 11) is 0. The molecule has 0 spiro atoms. The van der Waals surface area contributed by atoms with E-state index in [-0.39, 0.29) is 18.8 Å². The number of ether oxygens (including phenoxy) is 3. The van der Waals surface area contributed by atoms with E-state index in [1.807, 2.05) is 0 Å². The molecule has 0 aromatic rings. The van der Waals surface area contributed by atoms with Gasteiger partial charge in [0.15, 0.2) is 0 Å². The molecular formula is C8H12O5. The lowest BCUT2D eigenvalue weighted by Crippen LogP contribution is -2.46. The van der Waals surface area contributed by atoms with Gasteiger partial charge < -0.3 is 19.3 Å². The van der Waals surface area contributed by atoms with Crippen LogP contribution < -0.4 is 0 Å². The van der Waals surface area contributed by atoms with Gasteiger partial charge in [0.25, 0.3) is 0 Å². The molecule has 1 rings (SSSR count). The number of aliphatic hydroxyl groups is 1. The highest BCUT2D eigenvalue weighted by Gasteiger charge is 2.36. The maximum atomic E-state index is 11.0. The molecule has 0 bridgehead atoms. The maximum Gasteiger partial charge on any atom is 0.351 e. The van der Waals surface area contributed by atoms with E-state index in [1.54, 1.807) is 0 Å². The molecule has 0 radical (unpaired) electrons. The smallest absolute Gasteiger partial charge is 0.351 e. The van der Waals surface area contributed by atoms with Crippen LogP contribution in [0.3, 0.4) is 0 Å². The quantitative estimate of drug-likeness (QED) is 0.369. The monoisotopic (exact) mass is 188 g/mol. The number of hydrogen-bond acceptors (Lipinski definition) is 5. The van der Waals surface area contributed by atoms with Crippen molar-refractivity contribution < 1.29 is 24.1 Å². The van der Waals surface area contributed by atoms with E-state index in [2.05, 4.69) is 11.3 Å². The van der Waals surface area contributed by atoms with E-state index < -0.39 is 11.9 Å². The summed E-state index contributed by atoms with van der Waals surface area (Å²) in [4.78, 5) is 11.0. The fourth-order valence-electron chi connectivity index (χ4n) is 0.794. The molecule has 1 heterocycles. The van der Waals surface area contributed by atoms with Gasteiger partial charge in [0.1, 0.15) is 6.61 Å². The Bertz CT molecular complexity index is 217. The zero-order valence-electron chi connectivity index (χ0n) is 7.41. The Morgan fingerprint density at radius 1 is 1.62 bits per heavy atom. The molecule has 74 valence electrons. The fourth-order valence-corrected chi connectivity index (χ4v) is 0.794. The zero-order valence-corrected chi connectivity index (χ0v) is 7.41. The molecule has 13 heavy (non-hydrogen) atoms. The number of carbonyl (C=O) groups is 1. The summed E-state index contributed by atoms with van der Waals surface area (Å²) in [6.07, 6.45) is 0. The van der Waals surface area contributed by atoms with Crippen molar-refractivity contribution in [2.45, 2.75) is 12.9 Å². The Balaban J connectivity index is 2.50. The van der Waals surface area contributed by atoms with Crippen molar-refractivity contribution in [3.05, 3.63) is 12.2 Å². The Kier molecular flexibility index (Phi) is 3.02. The highest BCUT2D eigenvalue weighted by atomic mass is 16.8. The van der Waals surface area contributed by atoms with Crippen LogP contribution in [-0.4, -0.2) is 36.9 Å². The molecule has 1 N–H and O–H groups in total. The van der Waals surface area contributed by atoms with Gasteiger partial charge in [-0.25, -0.2) is 4.79 Å². The molecular weight excluding hydrogens is 176 g/mol. The van der Waals surface area contributed by atoms with E-state index >= 15 is 0 Å². The first-order valence-corrected chi connectivity index (χ1v) is 3.86. The number of hydrogen-bond donors (Lipinski definition) is 1. The first kappa shape index (κ1) is 10.2. The molecule has 0 aromatic heterocycles. The Morgan fingerprint density at radius 2 is 2.31 bits per heavy atom. The van der Waals surface area contributed by atoms with Crippen molar-refractivity contribution in [3.63, 3.8) is 0 Å². The third-order valence-corrected chi connectivity index (χ3v) is 1.44. The minimum atomic E-state index is -1.95. The topological polar surface area (TPSA) is 65.0 Å². The van der Waals surface area contributed by atoms with E-state index in [4.69, 9.17) is 9.47 Å². The van der Waals surface area contributed by atoms with Crippen molar-refractivity contribution in [2.24, 2.45) is 0 Å². The van der Waals surface area contributed by atoms with E-state index in [1.165, 1.54) is 6.92 Å². The second-order valence-corrected chi connectivity index (χ2v) is 2.78. The van der Waals surface area contributed by atoms with Crippen LogP contribution in [0.2, 0.25) is 0 Å². The molecule has 1 aliphatic heterocycles. The van der Waals surface area contributed by atoms with Crippen molar-refractivity contribution in [2.75, 3.05) is 19.8 Å². The van der Waals surface area contributed by atoms with Gasteiger partial charge in [-0.3, -0.25) is 0 Å². The van der Waals surface area contributed by atoms with Gasteiger partial charge >= 0.3 is 11.9 Å². The summed E-state index contributed by atoms with van der Waals surface area (Å²) in [6.45, 7) is 5.25. The molecule has 1 saturated heterocycles. The van der Waals surface area contributed by atoms with Crippen LogP contribution >= 0.6 is 0 Å². The van der Waals surface area contributed by atoms with E-state index in [9.17, 15) is 9.90 Å². The average molecular weight is 188 g/mol. The summed E-state index contributed by atoms with van der Waals surface area (Å²) in [5.41, 5.74) is 0.197. The highest BCUT2D eigenvalue weighted by molar-refractivity contribution is 5.87. The lowest BCUT2D eigenvalue weighted by Gasteiger charge is -2.30. The Morgan fingerprint density at radius 3 is 2.77 bits per heavy atom. The Hall–Kier alpha value is -0.910. The van der Waals surface area contributed by atoms with Gasteiger partial charge in [-0.1, -0.05) is 6.58 Å². The van der Waals surface area contributed by atoms with Crippen molar-refractivity contribution >= 4 is 5.97 Å². The average Bonchev–Trinajstić information content (AvgIpc) is 2.04. The zero-order chi connectivity index (χ0) is 9.90. The van der Waals surface area contributed by atoms with Gasteiger partial charge in [-0.2, -0.15) is 0 Å². The van der Waals surface area contributed by atoms with Crippen LogP contribution in [0.25, 0.3) is 0 Å². The first-order chi connectivity index (χ1) is 6.03.